The Hall–Kier alpha value is -3.59. The summed E-state index contributed by atoms with van der Waals surface area (Å²) in [4.78, 5) is 46.7. The number of hydrogen-bond acceptors (Lipinski definition) is 8. The molecule has 0 aliphatic rings. The van der Waals surface area contributed by atoms with Crippen molar-refractivity contribution in [3.05, 3.63) is 42.0 Å². The van der Waals surface area contributed by atoms with Gasteiger partial charge in [0.25, 0.3) is 10.1 Å². The van der Waals surface area contributed by atoms with Gasteiger partial charge in [0, 0.05) is 6.54 Å². The molecule has 0 saturated carbocycles. The van der Waals surface area contributed by atoms with Crippen LogP contribution in [0.1, 0.15) is 11.6 Å². The fraction of sp³-hybridized carbons (Fsp3) is 0.300. The SMILES string of the molecule is O=C(O)CN(CC(=O)O)CC(c1c(S(=O)(=O)O)ccc2ccccc12)N(CC(=O)O)CC(=O)O. The molecule has 0 heterocycles. The van der Waals surface area contributed by atoms with Gasteiger partial charge in [-0.2, -0.15) is 8.42 Å². The predicted octanol–water partition coefficient (Wildman–Crippen LogP) is 0.0700. The predicted molar refractivity (Wildman–Crippen MR) is 115 cm³/mol. The Labute approximate surface area is 193 Å². The molecular weight excluding hydrogens is 476 g/mol. The number of carboxylic acids is 4. The minimum atomic E-state index is -4.91. The Morgan fingerprint density at radius 3 is 1.74 bits per heavy atom. The molecule has 2 rings (SSSR count). The summed E-state index contributed by atoms with van der Waals surface area (Å²) in [6, 6.07) is 7.19. The average molecular weight is 498 g/mol. The quantitative estimate of drug-likeness (QED) is 0.232. The number of aliphatic carboxylic acids is 4. The van der Waals surface area contributed by atoms with Crippen molar-refractivity contribution in [1.82, 2.24) is 9.80 Å². The first-order chi connectivity index (χ1) is 15.8. The Balaban J connectivity index is 2.85. The van der Waals surface area contributed by atoms with Crippen LogP contribution in [0.5, 0.6) is 0 Å². The van der Waals surface area contributed by atoms with E-state index >= 15 is 0 Å². The molecule has 1 atom stereocenters. The van der Waals surface area contributed by atoms with Crippen molar-refractivity contribution in [2.75, 3.05) is 32.7 Å². The van der Waals surface area contributed by atoms with Crippen molar-refractivity contribution in [3.63, 3.8) is 0 Å². The second kappa shape index (κ2) is 11.0. The van der Waals surface area contributed by atoms with Gasteiger partial charge in [0.1, 0.15) is 0 Å². The van der Waals surface area contributed by atoms with Gasteiger partial charge in [0.05, 0.1) is 37.1 Å². The topological polar surface area (TPSA) is 210 Å². The monoisotopic (exact) mass is 498 g/mol. The fourth-order valence-electron chi connectivity index (χ4n) is 3.67. The highest BCUT2D eigenvalue weighted by molar-refractivity contribution is 7.85. The third-order valence-electron chi connectivity index (χ3n) is 4.81. The highest BCUT2D eigenvalue weighted by atomic mass is 32.2. The molecule has 0 spiro atoms. The zero-order valence-corrected chi connectivity index (χ0v) is 18.4. The van der Waals surface area contributed by atoms with Crippen LogP contribution in [0.2, 0.25) is 0 Å². The van der Waals surface area contributed by atoms with Crippen molar-refractivity contribution in [2.45, 2.75) is 10.9 Å². The first kappa shape index (κ1) is 26.7. The van der Waals surface area contributed by atoms with Gasteiger partial charge in [-0.15, -0.1) is 0 Å². The first-order valence-corrected chi connectivity index (χ1v) is 11.1. The fourth-order valence-corrected chi connectivity index (χ4v) is 4.43. The van der Waals surface area contributed by atoms with Crippen LogP contribution >= 0.6 is 0 Å². The highest BCUT2D eigenvalue weighted by Crippen LogP contribution is 2.35. The number of fused-ring (bicyclic) bond motifs is 1. The maximum Gasteiger partial charge on any atom is 0.317 e. The lowest BCUT2D eigenvalue weighted by atomic mass is 9.96. The smallest absolute Gasteiger partial charge is 0.317 e. The van der Waals surface area contributed by atoms with Gasteiger partial charge in [-0.3, -0.25) is 33.5 Å². The van der Waals surface area contributed by atoms with Crippen LogP contribution in [0.4, 0.5) is 0 Å². The molecule has 0 amide bonds. The number of rotatable bonds is 13. The summed E-state index contributed by atoms with van der Waals surface area (Å²) in [7, 11) is -4.91. The van der Waals surface area contributed by atoms with Gasteiger partial charge in [-0.05, 0) is 22.4 Å². The molecular formula is C20H22N2O11S. The van der Waals surface area contributed by atoms with Crippen LogP contribution < -0.4 is 0 Å². The lowest BCUT2D eigenvalue weighted by Crippen LogP contribution is -2.45. The maximum absolute atomic E-state index is 12.2. The summed E-state index contributed by atoms with van der Waals surface area (Å²) in [5.74, 6) is -5.78. The molecule has 0 fully saturated rings. The van der Waals surface area contributed by atoms with Crippen LogP contribution in [0.15, 0.2) is 41.3 Å². The first-order valence-electron chi connectivity index (χ1n) is 9.62. The van der Waals surface area contributed by atoms with E-state index in [-0.39, 0.29) is 10.9 Å². The van der Waals surface area contributed by atoms with Crippen molar-refractivity contribution >= 4 is 44.8 Å². The van der Waals surface area contributed by atoms with E-state index in [1.54, 1.807) is 12.1 Å². The second-order valence-corrected chi connectivity index (χ2v) is 8.73. The Bertz CT molecular complexity index is 1180. The van der Waals surface area contributed by atoms with E-state index in [4.69, 9.17) is 0 Å². The van der Waals surface area contributed by atoms with Crippen molar-refractivity contribution < 1.29 is 52.6 Å². The lowest BCUT2D eigenvalue weighted by molar-refractivity contribution is -0.146. The number of carboxylic acid groups (broad SMARTS) is 4. The number of nitrogens with zero attached hydrogens (tertiary/aromatic N) is 2. The molecule has 0 aliphatic heterocycles. The highest BCUT2D eigenvalue weighted by Gasteiger charge is 2.33. The molecule has 14 heteroatoms. The Kier molecular flexibility index (Phi) is 8.64. The summed E-state index contributed by atoms with van der Waals surface area (Å²) >= 11 is 0. The largest absolute Gasteiger partial charge is 0.480 e. The molecule has 0 radical (unpaired) electrons. The van der Waals surface area contributed by atoms with E-state index in [1.807, 2.05) is 0 Å². The number of carbonyl (C=O) groups is 4. The normalized spacial score (nSPS) is 12.7. The van der Waals surface area contributed by atoms with Crippen LogP contribution in [0.25, 0.3) is 10.8 Å². The molecule has 0 aliphatic carbocycles. The van der Waals surface area contributed by atoms with E-state index in [9.17, 15) is 52.6 Å². The van der Waals surface area contributed by atoms with Crippen LogP contribution in [0, 0.1) is 0 Å². The van der Waals surface area contributed by atoms with Crippen molar-refractivity contribution in [2.24, 2.45) is 0 Å². The van der Waals surface area contributed by atoms with Gasteiger partial charge in [0.2, 0.25) is 0 Å². The molecule has 1 unspecified atom stereocenters. The molecule has 2 aromatic rings. The van der Waals surface area contributed by atoms with Gasteiger partial charge < -0.3 is 20.4 Å². The van der Waals surface area contributed by atoms with E-state index in [0.717, 1.165) is 15.9 Å². The molecule has 13 nitrogen and oxygen atoms in total. The molecule has 0 bridgehead atoms. The Morgan fingerprint density at radius 2 is 1.26 bits per heavy atom. The minimum Gasteiger partial charge on any atom is -0.480 e. The third-order valence-corrected chi connectivity index (χ3v) is 5.72. The van der Waals surface area contributed by atoms with Crippen molar-refractivity contribution in [1.29, 1.82) is 0 Å². The van der Waals surface area contributed by atoms with Gasteiger partial charge >= 0.3 is 23.9 Å². The van der Waals surface area contributed by atoms with Crippen LogP contribution in [-0.4, -0.2) is 99.8 Å². The summed E-state index contributed by atoms with van der Waals surface area (Å²) in [6.45, 7) is -4.01. The van der Waals surface area contributed by atoms with Gasteiger partial charge in [-0.1, -0.05) is 30.3 Å². The maximum atomic E-state index is 12.2. The number of benzene rings is 2. The van der Waals surface area contributed by atoms with E-state index in [0.29, 0.717) is 5.39 Å². The second-order valence-electron chi connectivity index (χ2n) is 7.34. The molecule has 5 N–H and O–H groups in total. The van der Waals surface area contributed by atoms with Crippen molar-refractivity contribution in [3.8, 4) is 0 Å². The Morgan fingerprint density at radius 1 is 0.765 bits per heavy atom. The average Bonchev–Trinajstić information content (AvgIpc) is 2.68. The lowest BCUT2D eigenvalue weighted by Gasteiger charge is -2.34. The summed E-state index contributed by atoms with van der Waals surface area (Å²) in [6.07, 6.45) is 0. The molecule has 34 heavy (non-hydrogen) atoms. The zero-order chi connectivity index (χ0) is 25.6. The molecule has 2 aromatic carbocycles. The van der Waals surface area contributed by atoms with E-state index in [2.05, 4.69) is 0 Å². The molecule has 0 saturated heterocycles. The number of hydrogen-bond donors (Lipinski definition) is 5. The molecule has 184 valence electrons. The molecule has 0 aromatic heterocycles. The van der Waals surface area contributed by atoms with Gasteiger partial charge in [0.15, 0.2) is 0 Å². The minimum absolute atomic E-state index is 0.191. The summed E-state index contributed by atoms with van der Waals surface area (Å²) < 4.78 is 34.3. The standard InChI is InChI=1S/C20H22N2O11S/c23-16(24)8-21(9-17(25)26)7-14(22(10-18(27)28)11-19(29)30)20-13-4-2-1-3-12(13)5-6-15(20)34(31,32)33/h1-6,14H,7-11H2,(H,23,24)(H,25,26)(H,27,28)(H,29,30)(H,31,32,33). The van der Waals surface area contributed by atoms with E-state index in [1.165, 1.54) is 18.2 Å². The van der Waals surface area contributed by atoms with Gasteiger partial charge in [-0.25, -0.2) is 0 Å². The van der Waals surface area contributed by atoms with E-state index < -0.39 is 77.7 Å². The third kappa shape index (κ3) is 7.21. The summed E-state index contributed by atoms with van der Waals surface area (Å²) in [5.41, 5.74) is -0.191. The van der Waals surface area contributed by atoms with Crippen LogP contribution in [-0.2, 0) is 29.3 Å². The van der Waals surface area contributed by atoms with Crippen LogP contribution in [0.3, 0.4) is 0 Å². The zero-order valence-electron chi connectivity index (χ0n) is 17.6. The summed E-state index contributed by atoms with van der Waals surface area (Å²) in [5, 5.41) is 37.8.